The van der Waals surface area contributed by atoms with E-state index in [1.54, 1.807) is 36.5 Å². The molecule has 1 N–H and O–H groups in total. The molecule has 0 atom stereocenters. The molecule has 2 aromatic heterocycles. The van der Waals surface area contributed by atoms with Gasteiger partial charge in [-0.25, -0.2) is 9.48 Å². The van der Waals surface area contributed by atoms with Crippen molar-refractivity contribution < 1.29 is 14.3 Å². The molecular weight excluding hydrogens is 312 g/mol. The molecule has 0 bridgehead atoms. The lowest BCUT2D eigenvalue weighted by Crippen LogP contribution is -2.32. The summed E-state index contributed by atoms with van der Waals surface area (Å²) in [5, 5.41) is 6.70. The van der Waals surface area contributed by atoms with Crippen LogP contribution in [0.5, 0.6) is 11.5 Å². The minimum atomic E-state index is -0.375. The first kappa shape index (κ1) is 15.6. The molecule has 0 aliphatic carbocycles. The maximum absolute atomic E-state index is 12.2. The largest absolute Gasteiger partial charge is 0.493 e. The number of hydrogen-bond donors (Lipinski definition) is 1. The molecule has 0 aliphatic heterocycles. The van der Waals surface area contributed by atoms with Crippen LogP contribution < -0.4 is 20.5 Å². The normalized spacial score (nSPS) is 10.6. The van der Waals surface area contributed by atoms with Gasteiger partial charge < -0.3 is 14.8 Å². The Morgan fingerprint density at radius 1 is 1.21 bits per heavy atom. The van der Waals surface area contributed by atoms with Crippen LogP contribution in [0.2, 0.25) is 0 Å². The summed E-state index contributed by atoms with van der Waals surface area (Å²) in [5.41, 5.74) is 0.837. The molecule has 1 aromatic carbocycles. The van der Waals surface area contributed by atoms with Gasteiger partial charge in [-0.1, -0.05) is 0 Å². The number of anilines is 1. The lowest BCUT2D eigenvalue weighted by Gasteiger charge is -2.11. The molecule has 8 nitrogen and oxygen atoms in total. The first-order chi connectivity index (χ1) is 11.6. The van der Waals surface area contributed by atoms with Crippen molar-refractivity contribution in [3.8, 4) is 11.5 Å². The van der Waals surface area contributed by atoms with Gasteiger partial charge in [0.05, 0.1) is 25.9 Å². The summed E-state index contributed by atoms with van der Waals surface area (Å²) in [6, 6.07) is 8.52. The topological polar surface area (TPSA) is 86.9 Å². The van der Waals surface area contributed by atoms with Crippen LogP contribution in [0.4, 0.5) is 5.69 Å². The highest BCUT2D eigenvalue weighted by Gasteiger charge is 2.10. The third-order valence-corrected chi connectivity index (χ3v) is 3.50. The predicted octanol–water partition coefficient (Wildman–Crippen LogP) is 1.15. The number of hydrogen-bond acceptors (Lipinski definition) is 5. The fourth-order valence-corrected chi connectivity index (χ4v) is 2.34. The molecule has 8 heteroatoms. The summed E-state index contributed by atoms with van der Waals surface area (Å²) in [6.07, 6.45) is 3.16. The Labute approximate surface area is 137 Å². The Morgan fingerprint density at radius 3 is 2.75 bits per heavy atom. The molecule has 24 heavy (non-hydrogen) atoms. The molecule has 0 spiro atoms. The Bertz CT molecular complexity index is 945. The molecule has 3 rings (SSSR count). The molecule has 0 aliphatic rings. The van der Waals surface area contributed by atoms with Gasteiger partial charge in [0.2, 0.25) is 5.91 Å². The third kappa shape index (κ3) is 2.94. The van der Waals surface area contributed by atoms with Crippen LogP contribution in [0.3, 0.4) is 0 Å². The fourth-order valence-electron chi connectivity index (χ4n) is 2.34. The molecule has 2 heterocycles. The molecule has 1 amide bonds. The van der Waals surface area contributed by atoms with Crippen molar-refractivity contribution in [3.05, 3.63) is 53.2 Å². The SMILES string of the molecule is COc1ccc(NC(=O)Cn2ncc3cccn3c2=O)cc1OC. The van der Waals surface area contributed by atoms with Crippen molar-refractivity contribution in [1.29, 1.82) is 0 Å². The highest BCUT2D eigenvalue weighted by molar-refractivity contribution is 5.90. The Hall–Kier alpha value is -3.29. The number of carbonyl (C=O) groups excluding carboxylic acids is 1. The summed E-state index contributed by atoms with van der Waals surface area (Å²) in [5.74, 6) is 0.689. The number of amides is 1. The second-order valence-electron chi connectivity index (χ2n) is 5.01. The first-order valence-electron chi connectivity index (χ1n) is 7.17. The molecule has 0 radical (unpaired) electrons. The first-order valence-corrected chi connectivity index (χ1v) is 7.17. The van der Waals surface area contributed by atoms with Crippen LogP contribution in [0.1, 0.15) is 0 Å². The summed E-state index contributed by atoms with van der Waals surface area (Å²) >= 11 is 0. The predicted molar refractivity (Wildman–Crippen MR) is 87.6 cm³/mol. The zero-order chi connectivity index (χ0) is 17.1. The Balaban J connectivity index is 1.77. The van der Waals surface area contributed by atoms with Gasteiger partial charge in [-0.3, -0.25) is 9.20 Å². The van der Waals surface area contributed by atoms with Crippen molar-refractivity contribution in [2.24, 2.45) is 0 Å². The highest BCUT2D eigenvalue weighted by Crippen LogP contribution is 2.29. The number of rotatable bonds is 5. The average molecular weight is 328 g/mol. The maximum Gasteiger partial charge on any atom is 0.349 e. The number of benzene rings is 1. The van der Waals surface area contributed by atoms with Crippen LogP contribution in [0.25, 0.3) is 5.52 Å². The molecular formula is C16H16N4O4. The highest BCUT2D eigenvalue weighted by atomic mass is 16.5. The van der Waals surface area contributed by atoms with Crippen molar-refractivity contribution in [3.63, 3.8) is 0 Å². The average Bonchev–Trinajstić information content (AvgIpc) is 3.06. The van der Waals surface area contributed by atoms with Crippen LogP contribution in [-0.2, 0) is 11.3 Å². The monoisotopic (exact) mass is 328 g/mol. The summed E-state index contributed by atoms with van der Waals surface area (Å²) < 4.78 is 12.9. The Kier molecular flexibility index (Phi) is 4.19. The number of nitrogens with zero attached hydrogens (tertiary/aromatic N) is 3. The van der Waals surface area contributed by atoms with Crippen molar-refractivity contribution >= 4 is 17.1 Å². The van der Waals surface area contributed by atoms with E-state index in [4.69, 9.17) is 9.47 Å². The summed E-state index contributed by atoms with van der Waals surface area (Å²) in [6.45, 7) is -0.193. The minimum Gasteiger partial charge on any atom is -0.493 e. The van der Waals surface area contributed by atoms with E-state index in [1.165, 1.54) is 24.8 Å². The van der Waals surface area contributed by atoms with Gasteiger partial charge in [0.15, 0.2) is 11.5 Å². The molecule has 124 valence electrons. The second kappa shape index (κ2) is 6.45. The maximum atomic E-state index is 12.2. The van der Waals surface area contributed by atoms with Gasteiger partial charge in [0.1, 0.15) is 6.54 Å². The van der Waals surface area contributed by atoms with E-state index in [0.29, 0.717) is 22.7 Å². The summed E-state index contributed by atoms with van der Waals surface area (Å²) in [4.78, 5) is 24.4. The van der Waals surface area contributed by atoms with E-state index >= 15 is 0 Å². The van der Waals surface area contributed by atoms with E-state index in [2.05, 4.69) is 10.4 Å². The van der Waals surface area contributed by atoms with Gasteiger partial charge in [-0.05, 0) is 24.3 Å². The zero-order valence-electron chi connectivity index (χ0n) is 13.2. The van der Waals surface area contributed by atoms with Gasteiger partial charge in [-0.15, -0.1) is 0 Å². The van der Waals surface area contributed by atoms with E-state index in [1.807, 2.05) is 0 Å². The molecule has 0 saturated heterocycles. The lowest BCUT2D eigenvalue weighted by atomic mass is 10.2. The van der Waals surface area contributed by atoms with Crippen LogP contribution in [0.15, 0.2) is 47.5 Å². The van der Waals surface area contributed by atoms with Gasteiger partial charge in [0.25, 0.3) is 0 Å². The van der Waals surface area contributed by atoms with Crippen molar-refractivity contribution in [2.45, 2.75) is 6.54 Å². The third-order valence-electron chi connectivity index (χ3n) is 3.50. The number of fused-ring (bicyclic) bond motifs is 1. The molecule has 0 unspecified atom stereocenters. The van der Waals surface area contributed by atoms with E-state index < -0.39 is 0 Å². The molecule has 3 aromatic rings. The molecule has 0 saturated carbocycles. The van der Waals surface area contributed by atoms with E-state index in [0.717, 1.165) is 4.68 Å². The molecule has 0 fully saturated rings. The number of ether oxygens (including phenoxy) is 2. The van der Waals surface area contributed by atoms with Crippen LogP contribution in [-0.4, -0.2) is 34.3 Å². The smallest absolute Gasteiger partial charge is 0.349 e. The summed E-state index contributed by atoms with van der Waals surface area (Å²) in [7, 11) is 3.05. The Morgan fingerprint density at radius 2 is 2.00 bits per heavy atom. The van der Waals surface area contributed by atoms with Crippen molar-refractivity contribution in [2.75, 3.05) is 19.5 Å². The second-order valence-corrected chi connectivity index (χ2v) is 5.01. The number of methoxy groups -OCH3 is 2. The van der Waals surface area contributed by atoms with Gasteiger partial charge in [-0.2, -0.15) is 5.10 Å². The lowest BCUT2D eigenvalue weighted by molar-refractivity contribution is -0.117. The van der Waals surface area contributed by atoms with Crippen LogP contribution in [0, 0.1) is 0 Å². The van der Waals surface area contributed by atoms with Gasteiger partial charge in [0, 0.05) is 18.0 Å². The van der Waals surface area contributed by atoms with Gasteiger partial charge >= 0.3 is 5.69 Å². The van der Waals surface area contributed by atoms with E-state index in [-0.39, 0.29) is 18.1 Å². The number of nitrogens with one attached hydrogen (secondary N) is 1. The minimum absolute atomic E-state index is 0.193. The number of carbonyl (C=O) groups is 1. The van der Waals surface area contributed by atoms with Crippen LogP contribution >= 0.6 is 0 Å². The number of aromatic nitrogens is 3. The standard InChI is InChI=1S/C16H16N4O4/c1-23-13-6-5-11(8-14(13)24-2)18-15(21)10-20-16(22)19-7-3-4-12(19)9-17-20/h3-9H,10H2,1-2H3,(H,18,21). The quantitative estimate of drug-likeness (QED) is 0.759. The van der Waals surface area contributed by atoms with Crippen molar-refractivity contribution in [1.82, 2.24) is 14.2 Å². The zero-order valence-corrected chi connectivity index (χ0v) is 13.2. The van der Waals surface area contributed by atoms with E-state index in [9.17, 15) is 9.59 Å². The fraction of sp³-hybridized carbons (Fsp3) is 0.188.